The van der Waals surface area contributed by atoms with E-state index >= 15 is 0 Å². The lowest BCUT2D eigenvalue weighted by Gasteiger charge is -2.40. The smallest absolute Gasteiger partial charge is 0.410 e. The van der Waals surface area contributed by atoms with E-state index in [0.717, 1.165) is 31.6 Å². The lowest BCUT2D eigenvalue weighted by atomic mass is 9.85. The van der Waals surface area contributed by atoms with E-state index in [1.807, 2.05) is 25.7 Å². The number of hydrogen-bond donors (Lipinski definition) is 1. The van der Waals surface area contributed by atoms with Crippen molar-refractivity contribution in [2.24, 2.45) is 5.92 Å². The van der Waals surface area contributed by atoms with Crippen molar-refractivity contribution in [3.8, 4) is 0 Å². The van der Waals surface area contributed by atoms with Crippen LogP contribution in [0, 0.1) is 5.92 Å². The van der Waals surface area contributed by atoms with E-state index in [2.05, 4.69) is 5.32 Å². The third-order valence-electron chi connectivity index (χ3n) is 5.26. The van der Waals surface area contributed by atoms with Crippen molar-refractivity contribution in [1.82, 2.24) is 10.2 Å². The van der Waals surface area contributed by atoms with Gasteiger partial charge in [-0.05, 0) is 71.8 Å². The number of nitrogens with one attached hydrogen (secondary N) is 1. The van der Waals surface area contributed by atoms with Gasteiger partial charge in [0.15, 0.2) is 0 Å². The minimum Gasteiger partial charge on any atom is -0.444 e. The fourth-order valence-electron chi connectivity index (χ4n) is 3.99. The quantitative estimate of drug-likeness (QED) is 0.868. The van der Waals surface area contributed by atoms with Gasteiger partial charge in [-0.25, -0.2) is 4.79 Å². The largest absolute Gasteiger partial charge is 0.444 e. The molecule has 0 aromatic rings. The Morgan fingerprint density at radius 3 is 2.24 bits per heavy atom. The third kappa shape index (κ3) is 3.53. The minimum atomic E-state index is -0.393. The third-order valence-corrected chi connectivity index (χ3v) is 5.26. The van der Waals surface area contributed by atoms with Gasteiger partial charge in [-0.1, -0.05) is 6.42 Å². The van der Waals surface area contributed by atoms with Crippen LogP contribution in [0.5, 0.6) is 0 Å². The van der Waals surface area contributed by atoms with Gasteiger partial charge >= 0.3 is 6.09 Å². The maximum atomic E-state index is 12.4. The maximum Gasteiger partial charge on any atom is 0.410 e. The standard InChI is InChI=1S/C17H30N2O2/c1-17(2,3)21-16(20)19-14-7-8-15(19)10-13(9-14)18-11-12-5-4-6-12/h12-15,18H,4-11H2,1-3H3. The van der Waals surface area contributed by atoms with Crippen LogP contribution in [-0.4, -0.2) is 41.3 Å². The first-order chi connectivity index (χ1) is 9.92. The van der Waals surface area contributed by atoms with Gasteiger partial charge in [-0.2, -0.15) is 0 Å². The average molecular weight is 294 g/mol. The van der Waals surface area contributed by atoms with Crippen LogP contribution in [0.25, 0.3) is 0 Å². The van der Waals surface area contributed by atoms with Gasteiger partial charge in [0.25, 0.3) is 0 Å². The van der Waals surface area contributed by atoms with Crippen molar-refractivity contribution in [3.63, 3.8) is 0 Å². The number of piperidine rings is 1. The molecule has 3 fully saturated rings. The molecule has 2 saturated heterocycles. The van der Waals surface area contributed by atoms with Gasteiger partial charge in [0.05, 0.1) is 0 Å². The SMILES string of the molecule is CC(C)(C)OC(=O)N1C2CCC1CC(NCC1CCC1)C2. The van der Waals surface area contributed by atoms with E-state index in [1.165, 1.54) is 25.8 Å². The minimum absolute atomic E-state index is 0.104. The predicted octanol–water partition coefficient (Wildman–Crippen LogP) is 3.31. The van der Waals surface area contributed by atoms with Crippen LogP contribution >= 0.6 is 0 Å². The molecule has 21 heavy (non-hydrogen) atoms. The summed E-state index contributed by atoms with van der Waals surface area (Å²) in [6.45, 7) is 7.01. The number of ether oxygens (including phenoxy) is 1. The van der Waals surface area contributed by atoms with Crippen molar-refractivity contribution >= 4 is 6.09 Å². The first-order valence-electron chi connectivity index (χ1n) is 8.67. The second-order valence-electron chi connectivity index (χ2n) is 8.15. The van der Waals surface area contributed by atoms with Gasteiger partial charge in [-0.3, -0.25) is 0 Å². The van der Waals surface area contributed by atoms with E-state index in [0.29, 0.717) is 18.1 Å². The number of carbonyl (C=O) groups is 1. The van der Waals surface area contributed by atoms with Crippen LogP contribution in [0.4, 0.5) is 4.79 Å². The molecule has 0 radical (unpaired) electrons. The molecule has 4 nitrogen and oxygen atoms in total. The summed E-state index contributed by atoms with van der Waals surface area (Å²) in [5, 5.41) is 3.75. The molecule has 1 N–H and O–H groups in total. The lowest BCUT2D eigenvalue weighted by Crippen LogP contribution is -2.53. The average Bonchev–Trinajstić information content (AvgIpc) is 2.57. The first kappa shape index (κ1) is 15.1. The summed E-state index contributed by atoms with van der Waals surface area (Å²) in [7, 11) is 0. The van der Waals surface area contributed by atoms with Crippen LogP contribution in [-0.2, 0) is 4.74 Å². The van der Waals surface area contributed by atoms with Crippen LogP contribution in [0.2, 0.25) is 0 Å². The van der Waals surface area contributed by atoms with Crippen molar-refractivity contribution in [1.29, 1.82) is 0 Å². The molecule has 0 aromatic heterocycles. The highest BCUT2D eigenvalue weighted by Gasteiger charge is 2.44. The molecule has 2 heterocycles. The molecule has 4 heteroatoms. The maximum absolute atomic E-state index is 12.4. The van der Waals surface area contributed by atoms with E-state index in [4.69, 9.17) is 4.74 Å². The molecule has 3 aliphatic rings. The Labute approximate surface area is 128 Å². The molecule has 1 amide bonds. The summed E-state index contributed by atoms with van der Waals surface area (Å²) >= 11 is 0. The van der Waals surface area contributed by atoms with E-state index in [9.17, 15) is 4.79 Å². The normalized spacial score (nSPS) is 32.9. The van der Waals surface area contributed by atoms with Gasteiger partial charge < -0.3 is 15.0 Å². The Morgan fingerprint density at radius 2 is 1.76 bits per heavy atom. The topological polar surface area (TPSA) is 41.6 Å². The molecule has 2 aliphatic heterocycles. The summed E-state index contributed by atoms with van der Waals surface area (Å²) in [5.41, 5.74) is -0.393. The zero-order valence-corrected chi connectivity index (χ0v) is 13.7. The molecule has 2 atom stereocenters. The fraction of sp³-hybridized carbons (Fsp3) is 0.941. The number of hydrogen-bond acceptors (Lipinski definition) is 3. The number of fused-ring (bicyclic) bond motifs is 2. The number of nitrogens with zero attached hydrogens (tertiary/aromatic N) is 1. The van der Waals surface area contributed by atoms with Crippen molar-refractivity contribution < 1.29 is 9.53 Å². The Hall–Kier alpha value is -0.770. The molecule has 1 saturated carbocycles. The summed E-state index contributed by atoms with van der Waals surface area (Å²) in [4.78, 5) is 14.4. The number of carbonyl (C=O) groups excluding carboxylic acids is 1. The second-order valence-corrected chi connectivity index (χ2v) is 8.15. The van der Waals surface area contributed by atoms with Gasteiger partial charge in [0, 0.05) is 18.1 Å². The van der Waals surface area contributed by atoms with Crippen LogP contribution < -0.4 is 5.32 Å². The lowest BCUT2D eigenvalue weighted by molar-refractivity contribution is 0.00445. The fourth-order valence-corrected chi connectivity index (χ4v) is 3.99. The van der Waals surface area contributed by atoms with Crippen LogP contribution in [0.3, 0.4) is 0 Å². The highest BCUT2D eigenvalue weighted by atomic mass is 16.6. The molecular weight excluding hydrogens is 264 g/mol. The molecule has 1 aliphatic carbocycles. The highest BCUT2D eigenvalue weighted by Crippen LogP contribution is 2.37. The molecule has 2 unspecified atom stereocenters. The summed E-state index contributed by atoms with van der Waals surface area (Å²) < 4.78 is 5.58. The molecule has 0 aromatic carbocycles. The predicted molar refractivity (Wildman–Crippen MR) is 83.2 cm³/mol. The Balaban J connectivity index is 1.52. The van der Waals surface area contributed by atoms with Gasteiger partial charge in [0.1, 0.15) is 5.60 Å². The Kier molecular flexibility index (Phi) is 4.17. The van der Waals surface area contributed by atoms with Crippen LogP contribution in [0.15, 0.2) is 0 Å². The van der Waals surface area contributed by atoms with Crippen molar-refractivity contribution in [3.05, 3.63) is 0 Å². The molecule has 120 valence electrons. The Morgan fingerprint density at radius 1 is 1.14 bits per heavy atom. The van der Waals surface area contributed by atoms with Gasteiger partial charge in [-0.15, -0.1) is 0 Å². The monoisotopic (exact) mass is 294 g/mol. The number of amides is 1. The highest BCUT2D eigenvalue weighted by molar-refractivity contribution is 5.69. The van der Waals surface area contributed by atoms with E-state index in [1.54, 1.807) is 0 Å². The first-order valence-corrected chi connectivity index (χ1v) is 8.67. The summed E-state index contributed by atoms with van der Waals surface area (Å²) in [6.07, 6.45) is 8.59. The molecule has 3 rings (SSSR count). The summed E-state index contributed by atoms with van der Waals surface area (Å²) in [5.74, 6) is 0.909. The van der Waals surface area contributed by atoms with E-state index in [-0.39, 0.29) is 6.09 Å². The van der Waals surface area contributed by atoms with Crippen molar-refractivity contribution in [2.45, 2.75) is 89.4 Å². The molecular formula is C17H30N2O2. The van der Waals surface area contributed by atoms with Crippen LogP contribution in [0.1, 0.15) is 65.7 Å². The second kappa shape index (κ2) is 5.79. The molecule has 2 bridgehead atoms. The van der Waals surface area contributed by atoms with E-state index < -0.39 is 5.60 Å². The van der Waals surface area contributed by atoms with Gasteiger partial charge in [0.2, 0.25) is 0 Å². The Bertz CT molecular complexity index is 373. The summed E-state index contributed by atoms with van der Waals surface area (Å²) in [6, 6.07) is 1.37. The number of rotatable bonds is 3. The zero-order chi connectivity index (χ0) is 15.0. The van der Waals surface area contributed by atoms with Crippen molar-refractivity contribution in [2.75, 3.05) is 6.54 Å². The molecule has 0 spiro atoms. The zero-order valence-electron chi connectivity index (χ0n) is 13.7.